The second kappa shape index (κ2) is 7.92. The first-order valence-electron chi connectivity index (χ1n) is 9.24. The molecule has 3 aromatic heterocycles. The van der Waals surface area contributed by atoms with E-state index < -0.39 is 0 Å². The second-order valence-corrected chi connectivity index (χ2v) is 7.86. The van der Waals surface area contributed by atoms with E-state index in [1.54, 1.807) is 10.9 Å². The van der Waals surface area contributed by atoms with Gasteiger partial charge in [-0.2, -0.15) is 5.10 Å². The zero-order chi connectivity index (χ0) is 20.4. The Kier molecular flexibility index (Phi) is 5.18. The van der Waals surface area contributed by atoms with Crippen molar-refractivity contribution in [2.45, 2.75) is 26.7 Å². The van der Waals surface area contributed by atoms with Gasteiger partial charge in [0.15, 0.2) is 5.82 Å². The maximum Gasteiger partial charge on any atom is 0.260 e. The number of hydrogen-bond donors (Lipinski definition) is 1. The van der Waals surface area contributed by atoms with E-state index in [4.69, 9.17) is 0 Å². The predicted molar refractivity (Wildman–Crippen MR) is 113 cm³/mol. The molecule has 0 fully saturated rings. The van der Waals surface area contributed by atoms with E-state index >= 15 is 0 Å². The number of pyridine rings is 1. The summed E-state index contributed by atoms with van der Waals surface area (Å²) in [6, 6.07) is 13.8. The molecule has 0 aliphatic heterocycles. The smallest absolute Gasteiger partial charge is 0.260 e. The van der Waals surface area contributed by atoms with E-state index in [-0.39, 0.29) is 5.91 Å². The lowest BCUT2D eigenvalue weighted by Gasteiger charge is -2.05. The Morgan fingerprint density at radius 3 is 2.59 bits per heavy atom. The van der Waals surface area contributed by atoms with Gasteiger partial charge in [-0.3, -0.25) is 10.1 Å². The molecule has 1 amide bonds. The van der Waals surface area contributed by atoms with Gasteiger partial charge in [-0.1, -0.05) is 55.5 Å². The molecule has 0 unspecified atom stereocenters. The summed E-state index contributed by atoms with van der Waals surface area (Å²) in [6.45, 7) is 6.15. The topological polar surface area (TPSA) is 85.6 Å². The minimum absolute atomic E-state index is 0.275. The molecule has 0 atom stereocenters. The summed E-state index contributed by atoms with van der Waals surface area (Å²) in [7, 11) is 0. The summed E-state index contributed by atoms with van der Waals surface area (Å²) in [6.07, 6.45) is 3.22. The highest BCUT2D eigenvalue weighted by molar-refractivity contribution is 7.18. The van der Waals surface area contributed by atoms with E-state index in [1.807, 2.05) is 37.3 Å². The number of rotatable bonds is 5. The van der Waals surface area contributed by atoms with E-state index in [9.17, 15) is 4.79 Å². The number of nitrogens with zero attached hydrogens (tertiary/aromatic N) is 5. The Labute approximate surface area is 172 Å². The highest BCUT2D eigenvalue weighted by Gasteiger charge is 2.17. The Balaban J connectivity index is 1.51. The fourth-order valence-corrected chi connectivity index (χ4v) is 3.65. The van der Waals surface area contributed by atoms with Crippen LogP contribution in [-0.2, 0) is 0 Å². The van der Waals surface area contributed by atoms with Gasteiger partial charge < -0.3 is 0 Å². The Morgan fingerprint density at radius 2 is 1.90 bits per heavy atom. The van der Waals surface area contributed by atoms with Gasteiger partial charge >= 0.3 is 0 Å². The standard InChI is InChI=1S/C21H20N6OS/c1-13(2)15-7-9-16(10-8-15)20-25-26-21(29-20)24-19(28)17-12-23-27(14(17)3)18-6-4-5-11-22-18/h4-13H,1-3H3,(H,24,26,28). The molecule has 0 radical (unpaired) electrons. The summed E-state index contributed by atoms with van der Waals surface area (Å²) in [4.78, 5) is 17.0. The molecule has 1 N–H and O–H groups in total. The molecule has 29 heavy (non-hydrogen) atoms. The van der Waals surface area contributed by atoms with Crippen LogP contribution >= 0.6 is 11.3 Å². The molecule has 0 bridgehead atoms. The van der Waals surface area contributed by atoms with Crippen molar-refractivity contribution in [2.75, 3.05) is 5.32 Å². The number of benzene rings is 1. The van der Waals surface area contributed by atoms with Crippen LogP contribution in [0, 0.1) is 6.92 Å². The third-order valence-corrected chi connectivity index (χ3v) is 5.48. The van der Waals surface area contributed by atoms with Crippen LogP contribution in [0.5, 0.6) is 0 Å². The van der Waals surface area contributed by atoms with Gasteiger partial charge in [0.05, 0.1) is 17.5 Å². The zero-order valence-electron chi connectivity index (χ0n) is 16.3. The fourth-order valence-electron chi connectivity index (χ4n) is 2.91. The maximum absolute atomic E-state index is 12.7. The van der Waals surface area contributed by atoms with Crippen LogP contribution in [0.25, 0.3) is 16.4 Å². The first-order valence-corrected chi connectivity index (χ1v) is 10.1. The summed E-state index contributed by atoms with van der Waals surface area (Å²) in [5, 5.41) is 16.6. The SMILES string of the molecule is Cc1c(C(=O)Nc2nnc(-c3ccc(C(C)C)cc3)s2)cnn1-c1ccccn1. The van der Waals surface area contributed by atoms with Gasteiger partial charge in [-0.15, -0.1) is 10.2 Å². The van der Waals surface area contributed by atoms with Gasteiger partial charge in [0, 0.05) is 11.8 Å². The van der Waals surface area contributed by atoms with Crippen LogP contribution in [0.15, 0.2) is 54.9 Å². The average molecular weight is 404 g/mol. The van der Waals surface area contributed by atoms with E-state index in [0.29, 0.717) is 28.1 Å². The van der Waals surface area contributed by atoms with E-state index in [2.05, 4.69) is 51.6 Å². The lowest BCUT2D eigenvalue weighted by atomic mass is 10.0. The first kappa shape index (κ1) is 18.9. The Bertz CT molecular complexity index is 1130. The van der Waals surface area contributed by atoms with E-state index in [1.165, 1.54) is 23.1 Å². The van der Waals surface area contributed by atoms with Crippen molar-refractivity contribution < 1.29 is 4.79 Å². The van der Waals surface area contributed by atoms with Crippen molar-refractivity contribution in [3.8, 4) is 16.4 Å². The van der Waals surface area contributed by atoms with Crippen LogP contribution in [0.2, 0.25) is 0 Å². The third kappa shape index (κ3) is 3.93. The monoisotopic (exact) mass is 404 g/mol. The number of anilines is 1. The minimum atomic E-state index is -0.275. The first-order chi connectivity index (χ1) is 14.0. The lowest BCUT2D eigenvalue weighted by molar-refractivity contribution is 0.102. The van der Waals surface area contributed by atoms with Crippen LogP contribution < -0.4 is 5.32 Å². The van der Waals surface area contributed by atoms with Gasteiger partial charge in [-0.25, -0.2) is 9.67 Å². The molecule has 0 spiro atoms. The van der Waals surface area contributed by atoms with Crippen LogP contribution in [0.4, 0.5) is 5.13 Å². The van der Waals surface area contributed by atoms with Crippen LogP contribution in [-0.4, -0.2) is 30.9 Å². The summed E-state index contributed by atoms with van der Waals surface area (Å²) >= 11 is 1.34. The number of aromatic nitrogens is 5. The van der Waals surface area contributed by atoms with Crippen LogP contribution in [0.3, 0.4) is 0 Å². The number of carbonyl (C=O) groups is 1. The van der Waals surface area contributed by atoms with Crippen molar-refractivity contribution >= 4 is 22.4 Å². The maximum atomic E-state index is 12.7. The highest BCUT2D eigenvalue weighted by Crippen LogP contribution is 2.28. The molecule has 4 aromatic rings. The van der Waals surface area contributed by atoms with Crippen molar-refractivity contribution in [2.24, 2.45) is 0 Å². The van der Waals surface area contributed by atoms with Gasteiger partial charge in [-0.05, 0) is 30.5 Å². The molecule has 7 nitrogen and oxygen atoms in total. The molecule has 4 rings (SSSR count). The van der Waals surface area contributed by atoms with Gasteiger partial charge in [0.1, 0.15) is 5.01 Å². The largest absolute Gasteiger partial charge is 0.296 e. The number of amides is 1. The molecular formula is C21H20N6OS. The molecule has 3 heterocycles. The Hall–Kier alpha value is -3.39. The summed E-state index contributed by atoms with van der Waals surface area (Å²) in [5.74, 6) is 0.859. The molecular weight excluding hydrogens is 384 g/mol. The Morgan fingerprint density at radius 1 is 1.10 bits per heavy atom. The van der Waals surface area contributed by atoms with Crippen molar-refractivity contribution in [1.29, 1.82) is 0 Å². The van der Waals surface area contributed by atoms with Crippen molar-refractivity contribution in [3.63, 3.8) is 0 Å². The van der Waals surface area contributed by atoms with Crippen molar-refractivity contribution in [3.05, 3.63) is 71.7 Å². The van der Waals surface area contributed by atoms with Gasteiger partial charge in [0.2, 0.25) is 5.13 Å². The molecule has 0 saturated carbocycles. The molecule has 0 aliphatic carbocycles. The molecule has 1 aromatic carbocycles. The summed E-state index contributed by atoms with van der Waals surface area (Å²) < 4.78 is 1.64. The lowest BCUT2D eigenvalue weighted by Crippen LogP contribution is -2.13. The second-order valence-electron chi connectivity index (χ2n) is 6.89. The van der Waals surface area contributed by atoms with E-state index in [0.717, 1.165) is 10.6 Å². The molecule has 0 saturated heterocycles. The predicted octanol–water partition coefficient (Wildman–Crippen LogP) is 4.47. The molecule has 146 valence electrons. The normalized spacial score (nSPS) is 11.0. The fraction of sp³-hybridized carbons (Fsp3) is 0.190. The zero-order valence-corrected chi connectivity index (χ0v) is 17.1. The number of hydrogen-bond acceptors (Lipinski definition) is 6. The third-order valence-electron chi connectivity index (χ3n) is 4.59. The quantitative estimate of drug-likeness (QED) is 0.530. The van der Waals surface area contributed by atoms with Crippen LogP contribution in [0.1, 0.15) is 41.4 Å². The number of nitrogens with one attached hydrogen (secondary N) is 1. The van der Waals surface area contributed by atoms with Gasteiger partial charge in [0.25, 0.3) is 5.91 Å². The van der Waals surface area contributed by atoms with Crippen molar-refractivity contribution in [1.82, 2.24) is 25.0 Å². The molecule has 8 heteroatoms. The highest BCUT2D eigenvalue weighted by atomic mass is 32.1. The average Bonchev–Trinajstić information content (AvgIpc) is 3.35. The molecule has 0 aliphatic rings. The minimum Gasteiger partial charge on any atom is -0.296 e. The summed E-state index contributed by atoms with van der Waals surface area (Å²) in [5.41, 5.74) is 3.42. The number of carbonyl (C=O) groups excluding carboxylic acids is 1.